The molecule has 2 aromatic rings. The number of nitrogens with zero attached hydrogens (tertiary/aromatic N) is 1. The van der Waals surface area contributed by atoms with Crippen molar-refractivity contribution >= 4 is 51.9 Å². The number of thiocarbonyl (C=S) groups is 1. The second kappa shape index (κ2) is 7.16. The van der Waals surface area contributed by atoms with Crippen molar-refractivity contribution in [2.75, 3.05) is 12.0 Å². The average Bonchev–Trinajstić information content (AvgIpc) is 2.90. The topological polar surface area (TPSA) is 46.6 Å². The standard InChI is InChI=1S/C18H12FNO3S2/c1-23-17(22)12-7-3-5-9-14(12)20-16(21)15(25-18(20)24)10-11-6-2-4-8-13(11)19/h2-10H,1H3/b15-10-. The Morgan fingerprint density at radius 1 is 1.20 bits per heavy atom. The molecule has 25 heavy (non-hydrogen) atoms. The number of carbonyl (C=O) groups excluding carboxylic acids is 2. The van der Waals surface area contributed by atoms with Crippen molar-refractivity contribution in [1.82, 2.24) is 0 Å². The summed E-state index contributed by atoms with van der Waals surface area (Å²) >= 11 is 6.35. The molecule has 0 unspecified atom stereocenters. The molecule has 2 aromatic carbocycles. The van der Waals surface area contributed by atoms with Crippen LogP contribution in [0, 0.1) is 5.82 Å². The van der Waals surface area contributed by atoms with E-state index in [1.807, 2.05) is 0 Å². The van der Waals surface area contributed by atoms with Gasteiger partial charge in [0.2, 0.25) is 0 Å². The fourth-order valence-corrected chi connectivity index (χ4v) is 3.64. The third-order valence-corrected chi connectivity index (χ3v) is 4.84. The summed E-state index contributed by atoms with van der Waals surface area (Å²) in [5, 5.41) is 0. The molecule has 1 aliphatic heterocycles. The van der Waals surface area contributed by atoms with Crippen LogP contribution in [0.1, 0.15) is 15.9 Å². The molecule has 0 atom stereocenters. The van der Waals surface area contributed by atoms with Gasteiger partial charge in [-0.25, -0.2) is 9.18 Å². The molecular weight excluding hydrogens is 361 g/mol. The Balaban J connectivity index is 2.01. The highest BCUT2D eigenvalue weighted by Gasteiger charge is 2.35. The van der Waals surface area contributed by atoms with Crippen molar-refractivity contribution in [2.45, 2.75) is 0 Å². The monoisotopic (exact) mass is 373 g/mol. The number of hydrogen-bond donors (Lipinski definition) is 0. The second-order valence-corrected chi connectivity index (χ2v) is 6.72. The van der Waals surface area contributed by atoms with Crippen LogP contribution >= 0.6 is 24.0 Å². The van der Waals surface area contributed by atoms with E-state index in [0.29, 0.717) is 11.3 Å². The van der Waals surface area contributed by atoms with Gasteiger partial charge in [-0.05, 0) is 24.3 Å². The minimum absolute atomic E-state index is 0.230. The van der Waals surface area contributed by atoms with Gasteiger partial charge in [0.15, 0.2) is 4.32 Å². The number of carbonyl (C=O) groups is 2. The average molecular weight is 373 g/mol. The minimum atomic E-state index is -0.567. The highest BCUT2D eigenvalue weighted by Crippen LogP contribution is 2.37. The first kappa shape index (κ1) is 17.3. The minimum Gasteiger partial charge on any atom is -0.465 e. The summed E-state index contributed by atoms with van der Waals surface area (Å²) in [6.07, 6.45) is 1.45. The smallest absolute Gasteiger partial charge is 0.339 e. The lowest BCUT2D eigenvalue weighted by atomic mass is 10.1. The molecule has 1 amide bonds. The van der Waals surface area contributed by atoms with Crippen LogP contribution < -0.4 is 4.90 Å². The number of ether oxygens (including phenoxy) is 1. The molecule has 0 N–H and O–H groups in total. The highest BCUT2D eigenvalue weighted by molar-refractivity contribution is 8.27. The number of anilines is 1. The number of methoxy groups -OCH3 is 1. The van der Waals surface area contributed by atoms with E-state index in [2.05, 4.69) is 0 Å². The molecule has 1 fully saturated rings. The van der Waals surface area contributed by atoms with Crippen molar-refractivity contribution in [1.29, 1.82) is 0 Å². The van der Waals surface area contributed by atoms with E-state index in [4.69, 9.17) is 17.0 Å². The highest BCUT2D eigenvalue weighted by atomic mass is 32.2. The van der Waals surface area contributed by atoms with Gasteiger partial charge in [0, 0.05) is 5.56 Å². The third-order valence-electron chi connectivity index (χ3n) is 3.54. The summed E-state index contributed by atoms with van der Waals surface area (Å²) in [5.41, 5.74) is 0.867. The van der Waals surface area contributed by atoms with Crippen LogP contribution in [0.5, 0.6) is 0 Å². The number of para-hydroxylation sites is 1. The quantitative estimate of drug-likeness (QED) is 0.462. The molecule has 0 bridgehead atoms. The molecule has 0 aromatic heterocycles. The first-order valence-corrected chi connectivity index (χ1v) is 8.45. The summed E-state index contributed by atoms with van der Waals surface area (Å²) in [5.74, 6) is -1.40. The lowest BCUT2D eigenvalue weighted by molar-refractivity contribution is -0.113. The van der Waals surface area contributed by atoms with E-state index in [1.165, 1.54) is 24.2 Å². The van der Waals surface area contributed by atoms with Crippen molar-refractivity contribution in [2.24, 2.45) is 0 Å². The third kappa shape index (κ3) is 3.33. The summed E-state index contributed by atoms with van der Waals surface area (Å²) in [7, 11) is 1.27. The number of esters is 1. The van der Waals surface area contributed by atoms with Crippen molar-refractivity contribution in [3.8, 4) is 0 Å². The summed E-state index contributed by atoms with van der Waals surface area (Å²) in [4.78, 5) is 26.3. The molecule has 1 aliphatic rings. The van der Waals surface area contributed by atoms with E-state index >= 15 is 0 Å². The largest absolute Gasteiger partial charge is 0.465 e. The zero-order valence-electron chi connectivity index (χ0n) is 13.1. The van der Waals surface area contributed by atoms with Gasteiger partial charge < -0.3 is 4.74 Å². The van der Waals surface area contributed by atoms with Gasteiger partial charge in [-0.2, -0.15) is 0 Å². The lowest BCUT2D eigenvalue weighted by Gasteiger charge is -2.17. The predicted molar refractivity (Wildman–Crippen MR) is 99.8 cm³/mol. The molecule has 126 valence electrons. The Morgan fingerprint density at radius 2 is 1.88 bits per heavy atom. The van der Waals surface area contributed by atoms with Crippen LogP contribution in [0.4, 0.5) is 10.1 Å². The van der Waals surface area contributed by atoms with Gasteiger partial charge in [0.05, 0.1) is 23.3 Å². The number of rotatable bonds is 3. The molecular formula is C18H12FNO3S2. The molecule has 4 nitrogen and oxygen atoms in total. The second-order valence-electron chi connectivity index (χ2n) is 5.05. The Morgan fingerprint density at radius 3 is 2.60 bits per heavy atom. The van der Waals surface area contributed by atoms with Gasteiger partial charge in [0.25, 0.3) is 5.91 Å². The van der Waals surface area contributed by atoms with Gasteiger partial charge in [-0.15, -0.1) is 0 Å². The number of benzene rings is 2. The maximum Gasteiger partial charge on any atom is 0.339 e. The van der Waals surface area contributed by atoms with Gasteiger partial charge >= 0.3 is 5.97 Å². The molecule has 3 rings (SSSR count). The summed E-state index contributed by atoms with van der Waals surface area (Å²) in [6.45, 7) is 0. The number of thioether (sulfide) groups is 1. The van der Waals surface area contributed by atoms with Crippen molar-refractivity contribution in [3.05, 3.63) is 70.4 Å². The van der Waals surface area contributed by atoms with E-state index in [9.17, 15) is 14.0 Å². The normalized spacial score (nSPS) is 15.8. The van der Waals surface area contributed by atoms with E-state index in [1.54, 1.807) is 42.5 Å². The van der Waals surface area contributed by atoms with Crippen molar-refractivity contribution in [3.63, 3.8) is 0 Å². The zero-order chi connectivity index (χ0) is 18.0. The van der Waals surface area contributed by atoms with Gasteiger partial charge in [-0.1, -0.05) is 54.3 Å². The first-order valence-electron chi connectivity index (χ1n) is 7.22. The van der Waals surface area contributed by atoms with E-state index in [0.717, 1.165) is 11.8 Å². The zero-order valence-corrected chi connectivity index (χ0v) is 14.7. The molecule has 0 aliphatic carbocycles. The van der Waals surface area contributed by atoms with Crippen LogP contribution in [-0.4, -0.2) is 23.3 Å². The van der Waals surface area contributed by atoms with E-state index < -0.39 is 17.7 Å². The molecule has 7 heteroatoms. The lowest BCUT2D eigenvalue weighted by Crippen LogP contribution is -2.29. The maximum absolute atomic E-state index is 13.8. The fraction of sp³-hybridized carbons (Fsp3) is 0.0556. The Bertz CT molecular complexity index is 911. The summed E-state index contributed by atoms with van der Waals surface area (Å²) in [6, 6.07) is 12.7. The number of amides is 1. The SMILES string of the molecule is COC(=O)c1ccccc1N1C(=O)/C(=C/c2ccccc2F)SC1=S. The molecule has 1 heterocycles. The van der Waals surface area contributed by atoms with E-state index in [-0.39, 0.29) is 14.8 Å². The van der Waals surface area contributed by atoms with Crippen LogP contribution in [0.25, 0.3) is 6.08 Å². The predicted octanol–water partition coefficient (Wildman–Crippen LogP) is 4.02. The van der Waals surface area contributed by atoms with Crippen molar-refractivity contribution < 1.29 is 18.7 Å². The Hall–Kier alpha value is -2.51. The van der Waals surface area contributed by atoms with Crippen LogP contribution in [0.15, 0.2) is 53.4 Å². The maximum atomic E-state index is 13.8. The number of hydrogen-bond acceptors (Lipinski definition) is 5. The van der Waals surface area contributed by atoms with Crippen LogP contribution in [-0.2, 0) is 9.53 Å². The van der Waals surface area contributed by atoms with Gasteiger partial charge in [0.1, 0.15) is 5.82 Å². The fourth-order valence-electron chi connectivity index (χ4n) is 2.36. The molecule has 0 saturated carbocycles. The Kier molecular flexibility index (Phi) is 4.96. The van der Waals surface area contributed by atoms with Crippen LogP contribution in [0.2, 0.25) is 0 Å². The number of halogens is 1. The molecule has 0 spiro atoms. The molecule has 1 saturated heterocycles. The van der Waals surface area contributed by atoms with Crippen LogP contribution in [0.3, 0.4) is 0 Å². The summed E-state index contributed by atoms with van der Waals surface area (Å²) < 4.78 is 18.9. The van der Waals surface area contributed by atoms with Gasteiger partial charge in [-0.3, -0.25) is 9.69 Å². The molecule has 0 radical (unpaired) electrons. The Labute approximate surface area is 153 Å². The first-order chi connectivity index (χ1) is 12.0.